The molecule has 0 heterocycles. The summed E-state index contributed by atoms with van der Waals surface area (Å²) in [5.41, 5.74) is 0.141. The summed E-state index contributed by atoms with van der Waals surface area (Å²) in [6.45, 7) is 3.07. The number of rotatable bonds is 6. The van der Waals surface area contributed by atoms with Crippen LogP contribution in [0.4, 0.5) is 10.1 Å². The highest BCUT2D eigenvalue weighted by molar-refractivity contribution is 6.32. The van der Waals surface area contributed by atoms with Gasteiger partial charge in [-0.3, -0.25) is 14.9 Å². The number of halogens is 2. The summed E-state index contributed by atoms with van der Waals surface area (Å²) in [7, 11) is 0. The lowest BCUT2D eigenvalue weighted by Crippen LogP contribution is -2.37. The van der Waals surface area contributed by atoms with Gasteiger partial charge in [-0.05, 0) is 43.7 Å². The Kier molecular flexibility index (Phi) is 6.46. The van der Waals surface area contributed by atoms with Crippen LogP contribution in [0.2, 0.25) is 5.02 Å². The molecule has 0 spiro atoms. The number of ether oxygens (including phenoxy) is 1. The second kappa shape index (κ2) is 8.59. The van der Waals surface area contributed by atoms with Crippen molar-refractivity contribution >= 4 is 29.2 Å². The Morgan fingerprint density at radius 1 is 1.19 bits per heavy atom. The molecule has 0 radical (unpaired) electrons. The summed E-state index contributed by atoms with van der Waals surface area (Å²) in [6, 6.07) is 8.63. The molecular formula is C18H16ClFN2O5. The van der Waals surface area contributed by atoms with E-state index < -0.39 is 40.5 Å². The van der Waals surface area contributed by atoms with Gasteiger partial charge in [-0.1, -0.05) is 23.7 Å². The van der Waals surface area contributed by atoms with Crippen LogP contribution in [0, 0.1) is 15.9 Å². The van der Waals surface area contributed by atoms with Gasteiger partial charge in [0.1, 0.15) is 10.8 Å². The third kappa shape index (κ3) is 5.24. The van der Waals surface area contributed by atoms with Crippen LogP contribution >= 0.6 is 11.6 Å². The Balaban J connectivity index is 2.01. The van der Waals surface area contributed by atoms with Gasteiger partial charge in [0.2, 0.25) is 0 Å². The van der Waals surface area contributed by atoms with Crippen LogP contribution < -0.4 is 5.32 Å². The van der Waals surface area contributed by atoms with Gasteiger partial charge in [0.05, 0.1) is 16.5 Å². The summed E-state index contributed by atoms with van der Waals surface area (Å²) in [5.74, 6) is -1.85. The van der Waals surface area contributed by atoms with Crippen molar-refractivity contribution in [2.24, 2.45) is 0 Å². The first-order valence-electron chi connectivity index (χ1n) is 7.89. The zero-order chi connectivity index (χ0) is 20.1. The minimum absolute atomic E-state index is 0.0997. The molecule has 27 heavy (non-hydrogen) atoms. The number of amides is 1. The molecule has 7 nitrogen and oxygen atoms in total. The number of esters is 1. The van der Waals surface area contributed by atoms with Crippen LogP contribution in [0.15, 0.2) is 42.5 Å². The van der Waals surface area contributed by atoms with Gasteiger partial charge in [-0.15, -0.1) is 0 Å². The number of nitrogens with zero attached hydrogens (tertiary/aromatic N) is 1. The van der Waals surface area contributed by atoms with E-state index in [9.17, 15) is 24.1 Å². The minimum atomic E-state index is -1.14. The van der Waals surface area contributed by atoms with Gasteiger partial charge in [-0.25, -0.2) is 9.18 Å². The molecule has 2 unspecified atom stereocenters. The first kappa shape index (κ1) is 20.3. The van der Waals surface area contributed by atoms with Gasteiger partial charge < -0.3 is 10.1 Å². The normalized spacial score (nSPS) is 12.7. The van der Waals surface area contributed by atoms with E-state index >= 15 is 0 Å². The van der Waals surface area contributed by atoms with Crippen molar-refractivity contribution in [2.45, 2.75) is 26.0 Å². The Labute approximate surface area is 159 Å². The number of nitro benzene ring substituents is 1. The Bertz CT molecular complexity index is 873. The van der Waals surface area contributed by atoms with Crippen molar-refractivity contribution < 1.29 is 23.6 Å². The topological polar surface area (TPSA) is 98.5 Å². The van der Waals surface area contributed by atoms with E-state index in [-0.39, 0.29) is 10.6 Å². The van der Waals surface area contributed by atoms with E-state index in [1.54, 1.807) is 6.92 Å². The predicted molar refractivity (Wildman–Crippen MR) is 95.9 cm³/mol. The maximum absolute atomic E-state index is 13.0. The van der Waals surface area contributed by atoms with E-state index in [2.05, 4.69) is 5.32 Å². The number of hydrogen-bond donors (Lipinski definition) is 1. The van der Waals surface area contributed by atoms with Crippen LogP contribution in [0.25, 0.3) is 0 Å². The molecule has 0 saturated heterocycles. The van der Waals surface area contributed by atoms with E-state index in [0.717, 1.165) is 6.07 Å². The van der Waals surface area contributed by atoms with E-state index in [0.29, 0.717) is 5.56 Å². The molecule has 142 valence electrons. The average molecular weight is 395 g/mol. The second-order valence-corrected chi connectivity index (χ2v) is 6.16. The second-order valence-electron chi connectivity index (χ2n) is 5.75. The molecule has 2 aromatic carbocycles. The SMILES string of the molecule is CC(OC(=O)c1ccc(Cl)c([N+](=O)[O-])c1)C(=O)NC(C)c1ccc(F)cc1. The van der Waals surface area contributed by atoms with E-state index in [4.69, 9.17) is 16.3 Å². The lowest BCUT2D eigenvalue weighted by molar-refractivity contribution is -0.384. The van der Waals surface area contributed by atoms with Gasteiger partial charge >= 0.3 is 5.97 Å². The van der Waals surface area contributed by atoms with Crippen LogP contribution in [-0.4, -0.2) is 22.9 Å². The number of nitro groups is 1. The first-order chi connectivity index (χ1) is 12.7. The lowest BCUT2D eigenvalue weighted by Gasteiger charge is -2.18. The van der Waals surface area contributed by atoms with Gasteiger partial charge in [-0.2, -0.15) is 0 Å². The molecule has 0 aliphatic heterocycles. The minimum Gasteiger partial charge on any atom is -0.449 e. The van der Waals surface area contributed by atoms with Crippen molar-refractivity contribution in [3.8, 4) is 0 Å². The highest BCUT2D eigenvalue weighted by Gasteiger charge is 2.23. The summed E-state index contributed by atoms with van der Waals surface area (Å²) in [6.07, 6.45) is -1.14. The van der Waals surface area contributed by atoms with E-state index in [1.807, 2.05) is 0 Å². The predicted octanol–water partition coefficient (Wildman–Crippen LogP) is 3.81. The number of nitrogens with one attached hydrogen (secondary N) is 1. The Morgan fingerprint density at radius 3 is 2.41 bits per heavy atom. The third-order valence-electron chi connectivity index (χ3n) is 3.76. The van der Waals surface area contributed by atoms with Crippen LogP contribution in [-0.2, 0) is 9.53 Å². The average Bonchev–Trinajstić information content (AvgIpc) is 2.62. The molecule has 1 N–H and O–H groups in total. The molecule has 0 saturated carbocycles. The fourth-order valence-electron chi connectivity index (χ4n) is 2.23. The summed E-state index contributed by atoms with van der Waals surface area (Å²) in [4.78, 5) is 34.5. The highest BCUT2D eigenvalue weighted by atomic mass is 35.5. The third-order valence-corrected chi connectivity index (χ3v) is 4.08. The molecule has 1 amide bonds. The molecule has 0 fully saturated rings. The molecule has 0 bridgehead atoms. The molecule has 0 aliphatic rings. The van der Waals surface area contributed by atoms with Crippen molar-refractivity contribution in [2.75, 3.05) is 0 Å². The number of hydrogen-bond acceptors (Lipinski definition) is 5. The lowest BCUT2D eigenvalue weighted by atomic mass is 10.1. The molecule has 9 heteroatoms. The molecule has 2 atom stereocenters. The van der Waals surface area contributed by atoms with Gasteiger partial charge in [0, 0.05) is 6.07 Å². The highest BCUT2D eigenvalue weighted by Crippen LogP contribution is 2.25. The fraction of sp³-hybridized carbons (Fsp3) is 0.222. The van der Waals surface area contributed by atoms with Gasteiger partial charge in [0.15, 0.2) is 6.10 Å². The largest absolute Gasteiger partial charge is 0.449 e. The Hall–Kier alpha value is -3.00. The number of benzene rings is 2. The number of carbonyl (C=O) groups excluding carboxylic acids is 2. The monoisotopic (exact) mass is 394 g/mol. The van der Waals surface area contributed by atoms with Crippen LogP contribution in [0.3, 0.4) is 0 Å². The standard InChI is InChI=1S/C18H16ClFN2O5/c1-10(12-3-6-14(20)7-4-12)21-17(23)11(2)27-18(24)13-5-8-15(19)16(9-13)22(25)26/h3-11H,1-2H3,(H,21,23). The van der Waals surface area contributed by atoms with E-state index in [1.165, 1.54) is 43.3 Å². The summed E-state index contributed by atoms with van der Waals surface area (Å²) < 4.78 is 18.0. The van der Waals surface area contributed by atoms with Crippen LogP contribution in [0.1, 0.15) is 35.8 Å². The molecular weight excluding hydrogens is 379 g/mol. The van der Waals surface area contributed by atoms with Crippen molar-refractivity contribution in [1.29, 1.82) is 0 Å². The maximum Gasteiger partial charge on any atom is 0.339 e. The van der Waals surface area contributed by atoms with Crippen molar-refractivity contribution in [3.63, 3.8) is 0 Å². The number of carbonyl (C=O) groups is 2. The molecule has 2 aromatic rings. The zero-order valence-corrected chi connectivity index (χ0v) is 15.2. The fourth-order valence-corrected chi connectivity index (χ4v) is 2.41. The molecule has 0 aliphatic carbocycles. The zero-order valence-electron chi connectivity index (χ0n) is 14.4. The summed E-state index contributed by atoms with van der Waals surface area (Å²) >= 11 is 5.70. The maximum atomic E-state index is 13.0. The van der Waals surface area contributed by atoms with Crippen molar-refractivity contribution in [1.82, 2.24) is 5.32 Å². The van der Waals surface area contributed by atoms with Crippen molar-refractivity contribution in [3.05, 3.63) is 74.5 Å². The summed E-state index contributed by atoms with van der Waals surface area (Å²) in [5, 5.41) is 13.4. The quantitative estimate of drug-likeness (QED) is 0.456. The smallest absolute Gasteiger partial charge is 0.339 e. The molecule has 0 aromatic heterocycles. The van der Waals surface area contributed by atoms with Gasteiger partial charge in [0.25, 0.3) is 11.6 Å². The first-order valence-corrected chi connectivity index (χ1v) is 8.27. The Morgan fingerprint density at radius 2 is 1.81 bits per heavy atom. The van der Waals surface area contributed by atoms with Crippen LogP contribution in [0.5, 0.6) is 0 Å². The molecule has 2 rings (SSSR count).